The average molecular weight is 264 g/mol. The van der Waals surface area contributed by atoms with Crippen molar-refractivity contribution < 1.29 is 23.1 Å². The molecule has 0 fully saturated rings. The average Bonchev–Trinajstić information content (AvgIpc) is 2.29. The molecule has 0 rings (SSSR count). The van der Waals surface area contributed by atoms with Crippen molar-refractivity contribution in [3.63, 3.8) is 0 Å². The number of rotatable bonds is 10. The maximum atomic E-state index is 12.0. The van der Waals surface area contributed by atoms with E-state index in [4.69, 9.17) is 13.8 Å². The number of hydrogen-bond donors (Lipinski definition) is 0. The van der Waals surface area contributed by atoms with Crippen molar-refractivity contribution in [1.82, 2.24) is 0 Å². The van der Waals surface area contributed by atoms with Gasteiger partial charge in [-0.15, -0.1) is 0 Å². The van der Waals surface area contributed by atoms with Crippen molar-refractivity contribution in [2.75, 3.05) is 26.0 Å². The summed E-state index contributed by atoms with van der Waals surface area (Å²) in [6.07, 6.45) is 2.72. The lowest BCUT2D eigenvalue weighted by molar-refractivity contribution is -0.137. The molecule has 0 saturated carbocycles. The lowest BCUT2D eigenvalue weighted by atomic mass is 10.4. The van der Waals surface area contributed by atoms with E-state index in [1.54, 1.807) is 13.8 Å². The van der Waals surface area contributed by atoms with Crippen LogP contribution in [-0.4, -0.2) is 32.0 Å². The van der Waals surface area contributed by atoms with Gasteiger partial charge >= 0.3 is 13.6 Å². The predicted molar refractivity (Wildman–Crippen MR) is 66.1 cm³/mol. The molecule has 0 bridgehead atoms. The van der Waals surface area contributed by atoms with Crippen LogP contribution in [0.2, 0.25) is 0 Å². The first-order valence-corrected chi connectivity index (χ1v) is 7.48. The first-order chi connectivity index (χ1) is 8.08. The second kappa shape index (κ2) is 9.40. The molecule has 0 aromatic rings. The molecule has 0 unspecified atom stereocenters. The van der Waals surface area contributed by atoms with E-state index in [1.165, 1.54) is 0 Å². The zero-order chi connectivity index (χ0) is 13.1. The normalized spacial score (nSPS) is 11.2. The van der Waals surface area contributed by atoms with E-state index in [0.29, 0.717) is 38.8 Å². The molecule has 6 heteroatoms. The topological polar surface area (TPSA) is 61.8 Å². The summed E-state index contributed by atoms with van der Waals surface area (Å²) in [5.74, 6) is -0.442. The highest BCUT2D eigenvalue weighted by Gasteiger charge is 2.22. The zero-order valence-corrected chi connectivity index (χ0v) is 11.4. The van der Waals surface area contributed by atoms with E-state index < -0.39 is 13.6 Å². The maximum absolute atomic E-state index is 12.0. The van der Waals surface area contributed by atoms with Gasteiger partial charge in [0.25, 0.3) is 0 Å². The number of unbranched alkanes of at least 4 members (excludes halogenated alkanes) is 1. The third kappa shape index (κ3) is 8.13. The fourth-order valence-electron chi connectivity index (χ4n) is 1.20. The van der Waals surface area contributed by atoms with Gasteiger partial charge in [-0.25, -0.2) is 4.79 Å². The fraction of sp³-hybridized carbons (Fsp3) is 0.727. The lowest BCUT2D eigenvalue weighted by Crippen LogP contribution is -2.04. The van der Waals surface area contributed by atoms with Crippen molar-refractivity contribution in [2.24, 2.45) is 0 Å². The minimum Gasteiger partial charge on any atom is -0.463 e. The van der Waals surface area contributed by atoms with Gasteiger partial charge in [-0.1, -0.05) is 6.58 Å². The second-order valence-electron chi connectivity index (χ2n) is 3.25. The van der Waals surface area contributed by atoms with Crippen LogP contribution in [-0.2, 0) is 23.1 Å². The van der Waals surface area contributed by atoms with E-state index >= 15 is 0 Å². The van der Waals surface area contributed by atoms with Gasteiger partial charge in [0.05, 0.1) is 26.0 Å². The molecule has 100 valence electrons. The zero-order valence-electron chi connectivity index (χ0n) is 10.5. The van der Waals surface area contributed by atoms with E-state index in [-0.39, 0.29) is 0 Å². The summed E-state index contributed by atoms with van der Waals surface area (Å²) in [4.78, 5) is 10.7. The molecule has 0 N–H and O–H groups in total. The molecule has 5 nitrogen and oxygen atoms in total. The van der Waals surface area contributed by atoms with Crippen molar-refractivity contribution in [3.05, 3.63) is 12.7 Å². The van der Waals surface area contributed by atoms with Crippen molar-refractivity contribution >= 4 is 13.6 Å². The van der Waals surface area contributed by atoms with Crippen LogP contribution in [0, 0.1) is 0 Å². The summed E-state index contributed by atoms with van der Waals surface area (Å²) in [7, 11) is -2.95. The minimum atomic E-state index is -2.95. The summed E-state index contributed by atoms with van der Waals surface area (Å²) in [5.41, 5.74) is 0. The van der Waals surface area contributed by atoms with Crippen LogP contribution >= 0.6 is 7.60 Å². The van der Waals surface area contributed by atoms with Gasteiger partial charge in [0.1, 0.15) is 0 Å². The Labute approximate surface area is 103 Å². The molecule has 0 aliphatic carbocycles. The summed E-state index contributed by atoms with van der Waals surface area (Å²) in [6, 6.07) is 0. The van der Waals surface area contributed by atoms with Gasteiger partial charge in [-0.2, -0.15) is 0 Å². The van der Waals surface area contributed by atoms with Gasteiger partial charge in [-0.3, -0.25) is 4.57 Å². The number of hydrogen-bond acceptors (Lipinski definition) is 5. The van der Waals surface area contributed by atoms with Crippen molar-refractivity contribution in [3.8, 4) is 0 Å². The van der Waals surface area contributed by atoms with E-state index in [0.717, 1.165) is 6.08 Å². The van der Waals surface area contributed by atoms with Crippen LogP contribution in [0.25, 0.3) is 0 Å². The molecule has 0 radical (unpaired) electrons. The molecule has 0 aromatic heterocycles. The number of esters is 1. The van der Waals surface area contributed by atoms with Gasteiger partial charge in [0, 0.05) is 6.08 Å². The highest BCUT2D eigenvalue weighted by molar-refractivity contribution is 7.53. The standard InChI is InChI=1S/C11H21O5P/c1-4-11(12)14-9-7-8-10-17(13,15-5-2)16-6-3/h4H,1,5-10H2,2-3H3. The molecular weight excluding hydrogens is 243 g/mol. The lowest BCUT2D eigenvalue weighted by Gasteiger charge is -2.16. The van der Waals surface area contributed by atoms with E-state index in [2.05, 4.69) is 6.58 Å². The fourth-order valence-corrected chi connectivity index (χ4v) is 2.93. The molecule has 0 heterocycles. The third-order valence-corrected chi connectivity index (χ3v) is 4.06. The number of carbonyl (C=O) groups is 1. The Morgan fingerprint density at radius 3 is 2.29 bits per heavy atom. The quantitative estimate of drug-likeness (QED) is 0.263. The number of ether oxygens (including phenoxy) is 1. The molecular formula is C11H21O5P. The molecule has 0 aliphatic rings. The van der Waals surface area contributed by atoms with Gasteiger partial charge < -0.3 is 13.8 Å². The van der Waals surface area contributed by atoms with Gasteiger partial charge in [-0.05, 0) is 26.7 Å². The largest absolute Gasteiger partial charge is 0.463 e. The molecule has 17 heavy (non-hydrogen) atoms. The number of carbonyl (C=O) groups excluding carboxylic acids is 1. The maximum Gasteiger partial charge on any atom is 0.330 e. The molecule has 0 spiro atoms. The molecule has 0 amide bonds. The molecule has 0 saturated heterocycles. The minimum absolute atomic E-state index is 0.295. The van der Waals surface area contributed by atoms with E-state index in [9.17, 15) is 9.36 Å². The molecule has 0 aliphatic heterocycles. The molecule has 0 atom stereocenters. The van der Waals surface area contributed by atoms with Crippen LogP contribution in [0.5, 0.6) is 0 Å². The smallest absolute Gasteiger partial charge is 0.330 e. The van der Waals surface area contributed by atoms with E-state index in [1.807, 2.05) is 0 Å². The monoisotopic (exact) mass is 264 g/mol. The first-order valence-electron chi connectivity index (χ1n) is 5.75. The Hall–Kier alpha value is -0.640. The highest BCUT2D eigenvalue weighted by atomic mass is 31.2. The van der Waals surface area contributed by atoms with Crippen molar-refractivity contribution in [2.45, 2.75) is 26.7 Å². The first kappa shape index (κ1) is 16.4. The third-order valence-electron chi connectivity index (χ3n) is 1.89. The Kier molecular flexibility index (Phi) is 9.04. The van der Waals surface area contributed by atoms with Gasteiger partial charge in [0.2, 0.25) is 0 Å². The Balaban J connectivity index is 3.79. The highest BCUT2D eigenvalue weighted by Crippen LogP contribution is 2.48. The predicted octanol–water partition coefficient (Wildman–Crippen LogP) is 2.76. The molecule has 0 aromatic carbocycles. The van der Waals surface area contributed by atoms with Crippen LogP contribution in [0.15, 0.2) is 12.7 Å². The SMILES string of the molecule is C=CC(=O)OCCCCP(=O)(OCC)OCC. The second-order valence-corrected chi connectivity index (χ2v) is 5.43. The van der Waals surface area contributed by atoms with Crippen molar-refractivity contribution in [1.29, 1.82) is 0 Å². The summed E-state index contributed by atoms with van der Waals surface area (Å²) in [5, 5.41) is 0. The Morgan fingerprint density at radius 1 is 1.24 bits per heavy atom. The van der Waals surface area contributed by atoms with Crippen LogP contribution in [0.1, 0.15) is 26.7 Å². The summed E-state index contributed by atoms with van der Waals surface area (Å²) >= 11 is 0. The van der Waals surface area contributed by atoms with Crippen LogP contribution < -0.4 is 0 Å². The Bertz CT molecular complexity index is 267. The summed E-state index contributed by atoms with van der Waals surface area (Å²) < 4.78 is 27.1. The van der Waals surface area contributed by atoms with Gasteiger partial charge in [0.15, 0.2) is 0 Å². The van der Waals surface area contributed by atoms with Crippen LogP contribution in [0.4, 0.5) is 0 Å². The Morgan fingerprint density at radius 2 is 1.82 bits per heavy atom. The summed E-state index contributed by atoms with van der Waals surface area (Å²) in [6.45, 7) is 7.86. The van der Waals surface area contributed by atoms with Crippen LogP contribution in [0.3, 0.4) is 0 Å².